The number of hydrogen-bond acceptors (Lipinski definition) is 4. The van der Waals surface area contributed by atoms with Crippen LogP contribution in [0.15, 0.2) is 12.1 Å². The second kappa shape index (κ2) is 4.09. The number of nitrogens with zero attached hydrogens (tertiary/aromatic N) is 1. The van der Waals surface area contributed by atoms with E-state index in [0.29, 0.717) is 17.7 Å². The summed E-state index contributed by atoms with van der Waals surface area (Å²) < 4.78 is 10.4. The summed E-state index contributed by atoms with van der Waals surface area (Å²) in [5, 5.41) is 10.8. The zero-order chi connectivity index (χ0) is 11.7. The Balaban J connectivity index is 2.42. The van der Waals surface area contributed by atoms with E-state index in [1.165, 1.54) is 6.07 Å². The third-order valence-corrected chi connectivity index (χ3v) is 2.78. The highest BCUT2D eigenvalue weighted by atomic mass is 16.6. The smallest absolute Gasteiger partial charge is 0.272 e. The maximum atomic E-state index is 10.8. The molecule has 0 aromatic heterocycles. The fourth-order valence-corrected chi connectivity index (χ4v) is 1.78. The van der Waals surface area contributed by atoms with E-state index in [0.717, 1.165) is 12.2 Å². The molecule has 0 spiro atoms. The van der Waals surface area contributed by atoms with Crippen molar-refractivity contribution in [2.24, 2.45) is 0 Å². The van der Waals surface area contributed by atoms with Gasteiger partial charge in [0.15, 0.2) is 0 Å². The van der Waals surface area contributed by atoms with Crippen LogP contribution < -0.4 is 4.74 Å². The molecular formula is C11H13NO4. The zero-order valence-electron chi connectivity index (χ0n) is 9.23. The quantitative estimate of drug-likeness (QED) is 0.444. The van der Waals surface area contributed by atoms with Crippen LogP contribution >= 0.6 is 0 Å². The highest BCUT2D eigenvalue weighted by Crippen LogP contribution is 2.32. The standard InChI is InChI=1S/C11H13NO4/c1-7-9(5-8-6-16-8)11(15-2)4-3-10(7)12(13)14/h3-4,8H,5-6H2,1-2H3. The van der Waals surface area contributed by atoms with Crippen LogP contribution in [0.25, 0.3) is 0 Å². The number of nitro groups is 1. The molecule has 0 amide bonds. The lowest BCUT2D eigenvalue weighted by atomic mass is 10.0. The first-order valence-corrected chi connectivity index (χ1v) is 5.06. The largest absolute Gasteiger partial charge is 0.496 e. The third kappa shape index (κ3) is 1.99. The van der Waals surface area contributed by atoms with Gasteiger partial charge in [0.1, 0.15) is 5.75 Å². The fourth-order valence-electron chi connectivity index (χ4n) is 1.78. The summed E-state index contributed by atoms with van der Waals surface area (Å²) in [5.41, 5.74) is 1.68. The average Bonchev–Trinajstić information content (AvgIpc) is 3.04. The number of benzene rings is 1. The Morgan fingerprint density at radius 3 is 2.81 bits per heavy atom. The van der Waals surface area contributed by atoms with Gasteiger partial charge in [0, 0.05) is 23.6 Å². The van der Waals surface area contributed by atoms with Gasteiger partial charge in [-0.1, -0.05) is 0 Å². The van der Waals surface area contributed by atoms with Crippen molar-refractivity contribution >= 4 is 5.69 Å². The van der Waals surface area contributed by atoms with Gasteiger partial charge in [-0.2, -0.15) is 0 Å². The van der Waals surface area contributed by atoms with Crippen LogP contribution in [-0.4, -0.2) is 24.7 Å². The van der Waals surface area contributed by atoms with Gasteiger partial charge < -0.3 is 9.47 Å². The van der Waals surface area contributed by atoms with Gasteiger partial charge >= 0.3 is 0 Å². The first-order valence-electron chi connectivity index (χ1n) is 5.06. The van der Waals surface area contributed by atoms with E-state index in [-0.39, 0.29) is 16.7 Å². The molecule has 1 aliphatic rings. The van der Waals surface area contributed by atoms with Crippen LogP contribution in [0, 0.1) is 17.0 Å². The summed E-state index contributed by atoms with van der Waals surface area (Å²) in [4.78, 5) is 10.4. The van der Waals surface area contributed by atoms with Crippen LogP contribution in [0.2, 0.25) is 0 Å². The Morgan fingerprint density at radius 2 is 2.31 bits per heavy atom. The topological polar surface area (TPSA) is 64.9 Å². The van der Waals surface area contributed by atoms with Crippen molar-refractivity contribution < 1.29 is 14.4 Å². The molecule has 1 heterocycles. The molecule has 1 saturated heterocycles. The first kappa shape index (κ1) is 10.9. The normalized spacial score (nSPS) is 18.2. The van der Waals surface area contributed by atoms with Crippen molar-refractivity contribution in [2.75, 3.05) is 13.7 Å². The molecule has 16 heavy (non-hydrogen) atoms. The highest BCUT2D eigenvalue weighted by Gasteiger charge is 2.27. The molecule has 5 nitrogen and oxygen atoms in total. The molecular weight excluding hydrogens is 210 g/mol. The second-order valence-electron chi connectivity index (χ2n) is 3.81. The van der Waals surface area contributed by atoms with Crippen molar-refractivity contribution in [3.8, 4) is 5.75 Å². The molecule has 0 bridgehead atoms. The van der Waals surface area contributed by atoms with E-state index in [1.807, 2.05) is 0 Å². The maximum absolute atomic E-state index is 10.8. The lowest BCUT2D eigenvalue weighted by Crippen LogP contribution is -2.03. The predicted molar refractivity (Wildman–Crippen MR) is 57.8 cm³/mol. The molecule has 1 atom stereocenters. The monoisotopic (exact) mass is 223 g/mol. The molecule has 0 N–H and O–H groups in total. The predicted octanol–water partition coefficient (Wildman–Crippen LogP) is 1.85. The minimum absolute atomic E-state index is 0.136. The van der Waals surface area contributed by atoms with Gasteiger partial charge in [0.25, 0.3) is 5.69 Å². The van der Waals surface area contributed by atoms with E-state index >= 15 is 0 Å². The van der Waals surface area contributed by atoms with Crippen LogP contribution in [0.1, 0.15) is 11.1 Å². The lowest BCUT2D eigenvalue weighted by molar-refractivity contribution is -0.385. The van der Waals surface area contributed by atoms with Crippen molar-refractivity contribution in [1.29, 1.82) is 0 Å². The number of nitro benzene ring substituents is 1. The number of rotatable bonds is 4. The second-order valence-corrected chi connectivity index (χ2v) is 3.81. The molecule has 0 radical (unpaired) electrons. The van der Waals surface area contributed by atoms with E-state index in [9.17, 15) is 10.1 Å². The fraction of sp³-hybridized carbons (Fsp3) is 0.455. The molecule has 1 aromatic rings. The number of epoxide rings is 1. The molecule has 0 saturated carbocycles. The molecule has 0 aliphatic carbocycles. The van der Waals surface area contributed by atoms with Crippen molar-refractivity contribution in [1.82, 2.24) is 0 Å². The van der Waals surface area contributed by atoms with E-state index < -0.39 is 0 Å². The van der Waals surface area contributed by atoms with Crippen LogP contribution in [0.5, 0.6) is 5.75 Å². The molecule has 1 aromatic carbocycles. The highest BCUT2D eigenvalue weighted by molar-refractivity contribution is 5.52. The average molecular weight is 223 g/mol. The summed E-state index contributed by atoms with van der Waals surface area (Å²) in [7, 11) is 1.57. The summed E-state index contributed by atoms with van der Waals surface area (Å²) in [6.45, 7) is 2.48. The Morgan fingerprint density at radius 1 is 1.62 bits per heavy atom. The summed E-state index contributed by atoms with van der Waals surface area (Å²) in [6.07, 6.45) is 0.867. The minimum Gasteiger partial charge on any atom is -0.496 e. The molecule has 1 fully saturated rings. The number of hydrogen-bond donors (Lipinski definition) is 0. The Hall–Kier alpha value is -1.62. The summed E-state index contributed by atoms with van der Waals surface area (Å²) in [6, 6.07) is 3.12. The van der Waals surface area contributed by atoms with Crippen LogP contribution in [-0.2, 0) is 11.2 Å². The molecule has 1 unspecified atom stereocenters. The number of ether oxygens (including phenoxy) is 2. The Labute approximate surface area is 93.1 Å². The maximum Gasteiger partial charge on any atom is 0.272 e. The summed E-state index contributed by atoms with van der Waals surface area (Å²) in [5.74, 6) is 0.693. The first-order chi connectivity index (χ1) is 7.63. The molecule has 5 heteroatoms. The van der Waals surface area contributed by atoms with Crippen molar-refractivity contribution in [2.45, 2.75) is 19.4 Å². The molecule has 2 rings (SSSR count). The van der Waals surface area contributed by atoms with Gasteiger partial charge in [-0.25, -0.2) is 0 Å². The lowest BCUT2D eigenvalue weighted by Gasteiger charge is -2.10. The van der Waals surface area contributed by atoms with Gasteiger partial charge in [0.2, 0.25) is 0 Å². The minimum atomic E-state index is -0.369. The third-order valence-electron chi connectivity index (χ3n) is 2.78. The van der Waals surface area contributed by atoms with Crippen LogP contribution in [0.4, 0.5) is 5.69 Å². The zero-order valence-corrected chi connectivity index (χ0v) is 9.23. The van der Waals surface area contributed by atoms with E-state index in [1.54, 1.807) is 20.1 Å². The van der Waals surface area contributed by atoms with Gasteiger partial charge in [-0.3, -0.25) is 10.1 Å². The van der Waals surface area contributed by atoms with Gasteiger partial charge in [-0.05, 0) is 13.0 Å². The summed E-state index contributed by atoms with van der Waals surface area (Å²) >= 11 is 0. The SMILES string of the molecule is COc1ccc([N+](=O)[O-])c(C)c1CC1CO1. The van der Waals surface area contributed by atoms with Gasteiger partial charge in [-0.15, -0.1) is 0 Å². The molecule has 86 valence electrons. The Kier molecular flexibility index (Phi) is 2.78. The van der Waals surface area contributed by atoms with Gasteiger partial charge in [0.05, 0.1) is 24.7 Å². The Bertz CT molecular complexity index is 426. The van der Waals surface area contributed by atoms with Crippen LogP contribution in [0.3, 0.4) is 0 Å². The number of methoxy groups -OCH3 is 1. The molecule has 1 aliphatic heterocycles. The van der Waals surface area contributed by atoms with E-state index in [2.05, 4.69) is 0 Å². The van der Waals surface area contributed by atoms with Crippen molar-refractivity contribution in [3.63, 3.8) is 0 Å². The van der Waals surface area contributed by atoms with Crippen molar-refractivity contribution in [3.05, 3.63) is 33.4 Å². The van der Waals surface area contributed by atoms with E-state index in [4.69, 9.17) is 9.47 Å².